The van der Waals surface area contributed by atoms with Gasteiger partial charge in [-0.15, -0.1) is 11.8 Å². The third-order valence-corrected chi connectivity index (χ3v) is 9.35. The molecule has 1 unspecified atom stereocenters. The second-order valence-corrected chi connectivity index (χ2v) is 12.1. The van der Waals surface area contributed by atoms with Crippen LogP contribution in [0.1, 0.15) is 31.2 Å². The normalized spacial score (nSPS) is 16.4. The molecule has 9 heteroatoms. The molecule has 1 amide bonds. The molecule has 176 valence electrons. The van der Waals surface area contributed by atoms with Crippen molar-refractivity contribution >= 4 is 54.2 Å². The maximum absolute atomic E-state index is 13.3. The quantitative estimate of drug-likeness (QED) is 0.378. The SMILES string of the molecule is CSc1cccc2sc(N(CC3CCCO3)C(=O)CCCS(=O)(=O)c3ccc(C)cc3)nc12. The van der Waals surface area contributed by atoms with Crippen LogP contribution in [0, 0.1) is 6.92 Å². The van der Waals surface area contributed by atoms with Gasteiger partial charge in [0, 0.05) is 17.9 Å². The fraction of sp³-hybridized carbons (Fsp3) is 0.417. The summed E-state index contributed by atoms with van der Waals surface area (Å²) in [5.74, 6) is -0.180. The van der Waals surface area contributed by atoms with E-state index in [2.05, 4.69) is 0 Å². The molecule has 1 saturated heterocycles. The Bertz CT molecular complexity index is 1220. The molecule has 0 spiro atoms. The van der Waals surface area contributed by atoms with Crippen molar-refractivity contribution in [2.24, 2.45) is 0 Å². The summed E-state index contributed by atoms with van der Waals surface area (Å²) in [4.78, 5) is 21.1. The topological polar surface area (TPSA) is 76.6 Å². The Morgan fingerprint density at radius 1 is 1.24 bits per heavy atom. The zero-order chi connectivity index (χ0) is 23.4. The highest BCUT2D eigenvalue weighted by atomic mass is 32.2. The molecule has 1 aliphatic rings. The van der Waals surface area contributed by atoms with Gasteiger partial charge in [-0.1, -0.05) is 35.1 Å². The molecule has 0 saturated carbocycles. The number of rotatable bonds is 9. The minimum absolute atomic E-state index is 0.0164. The van der Waals surface area contributed by atoms with Gasteiger partial charge in [0.25, 0.3) is 0 Å². The van der Waals surface area contributed by atoms with E-state index in [4.69, 9.17) is 9.72 Å². The lowest BCUT2D eigenvalue weighted by molar-refractivity contribution is -0.119. The van der Waals surface area contributed by atoms with Crippen molar-refractivity contribution in [2.45, 2.75) is 48.5 Å². The summed E-state index contributed by atoms with van der Waals surface area (Å²) in [5.41, 5.74) is 1.91. The number of carbonyl (C=O) groups is 1. The number of nitrogens with zero attached hydrogens (tertiary/aromatic N) is 2. The fourth-order valence-corrected chi connectivity index (χ4v) is 6.84. The van der Waals surface area contributed by atoms with Crippen LogP contribution in [-0.4, -0.2) is 50.6 Å². The molecule has 6 nitrogen and oxygen atoms in total. The Hall–Kier alpha value is -1.94. The van der Waals surface area contributed by atoms with Gasteiger partial charge in [-0.25, -0.2) is 13.4 Å². The maximum Gasteiger partial charge on any atom is 0.228 e. The van der Waals surface area contributed by atoms with Crippen molar-refractivity contribution < 1.29 is 17.9 Å². The summed E-state index contributed by atoms with van der Waals surface area (Å²) < 4.78 is 32.2. The Morgan fingerprint density at radius 2 is 2.03 bits per heavy atom. The summed E-state index contributed by atoms with van der Waals surface area (Å²) in [7, 11) is -3.43. The van der Waals surface area contributed by atoms with Gasteiger partial charge >= 0.3 is 0 Å². The fourth-order valence-electron chi connectivity index (χ4n) is 3.88. The number of aryl methyl sites for hydroxylation is 1. The molecule has 0 aliphatic carbocycles. The number of aromatic nitrogens is 1. The first-order chi connectivity index (χ1) is 15.9. The predicted octanol–water partition coefficient (Wildman–Crippen LogP) is 5.09. The van der Waals surface area contributed by atoms with E-state index in [9.17, 15) is 13.2 Å². The molecule has 1 atom stereocenters. The number of fused-ring (bicyclic) bond motifs is 1. The van der Waals surface area contributed by atoms with Crippen molar-refractivity contribution in [1.29, 1.82) is 0 Å². The largest absolute Gasteiger partial charge is 0.376 e. The molecule has 1 aromatic heterocycles. The van der Waals surface area contributed by atoms with E-state index in [1.807, 2.05) is 31.4 Å². The summed E-state index contributed by atoms with van der Waals surface area (Å²) >= 11 is 3.12. The van der Waals surface area contributed by atoms with Gasteiger partial charge in [0.2, 0.25) is 5.91 Å². The third-order valence-electron chi connectivity index (χ3n) is 5.72. The maximum atomic E-state index is 13.3. The van der Waals surface area contributed by atoms with Crippen LogP contribution < -0.4 is 4.90 Å². The Balaban J connectivity index is 1.50. The number of amides is 1. The molecule has 0 N–H and O–H groups in total. The van der Waals surface area contributed by atoms with Crippen LogP contribution in [0.25, 0.3) is 10.2 Å². The van der Waals surface area contributed by atoms with Gasteiger partial charge in [-0.05, 0) is 56.7 Å². The molecule has 4 rings (SSSR count). The highest BCUT2D eigenvalue weighted by Crippen LogP contribution is 2.35. The number of anilines is 1. The van der Waals surface area contributed by atoms with Gasteiger partial charge in [-0.2, -0.15) is 0 Å². The molecule has 0 radical (unpaired) electrons. The van der Waals surface area contributed by atoms with Crippen LogP contribution in [0.15, 0.2) is 52.3 Å². The van der Waals surface area contributed by atoms with E-state index in [1.54, 1.807) is 40.9 Å². The summed E-state index contributed by atoms with van der Waals surface area (Å²) in [6.07, 6.45) is 4.29. The van der Waals surface area contributed by atoms with Crippen molar-refractivity contribution in [2.75, 3.05) is 30.1 Å². The standard InChI is InChI=1S/C24H28N2O4S3/c1-17-10-12-19(13-11-17)33(28,29)15-5-9-22(27)26(16-18-6-4-14-30-18)24-25-23-20(31-2)7-3-8-21(23)32-24/h3,7-8,10-13,18H,4-6,9,14-16H2,1-2H3. The highest BCUT2D eigenvalue weighted by Gasteiger charge is 2.27. The molecule has 1 fully saturated rings. The smallest absolute Gasteiger partial charge is 0.228 e. The van der Waals surface area contributed by atoms with E-state index >= 15 is 0 Å². The number of ether oxygens (including phenoxy) is 1. The number of hydrogen-bond acceptors (Lipinski definition) is 7. The zero-order valence-corrected chi connectivity index (χ0v) is 21.3. The van der Waals surface area contributed by atoms with E-state index in [0.717, 1.165) is 33.5 Å². The monoisotopic (exact) mass is 504 g/mol. The molecule has 33 heavy (non-hydrogen) atoms. The van der Waals surface area contributed by atoms with E-state index < -0.39 is 9.84 Å². The number of carbonyl (C=O) groups excluding carboxylic acids is 1. The Labute approximate surface area is 203 Å². The van der Waals surface area contributed by atoms with E-state index in [1.165, 1.54) is 11.3 Å². The lowest BCUT2D eigenvalue weighted by atomic mass is 10.2. The van der Waals surface area contributed by atoms with Crippen LogP contribution >= 0.6 is 23.1 Å². The van der Waals surface area contributed by atoms with Crippen LogP contribution in [-0.2, 0) is 19.4 Å². The van der Waals surface area contributed by atoms with Crippen LogP contribution in [0.4, 0.5) is 5.13 Å². The average molecular weight is 505 g/mol. The van der Waals surface area contributed by atoms with Crippen molar-refractivity contribution in [3.63, 3.8) is 0 Å². The van der Waals surface area contributed by atoms with Gasteiger partial charge in [0.05, 0.1) is 33.5 Å². The van der Waals surface area contributed by atoms with Crippen molar-refractivity contribution in [3.8, 4) is 0 Å². The first-order valence-corrected chi connectivity index (χ1v) is 14.7. The summed E-state index contributed by atoms with van der Waals surface area (Å²) in [5, 5.41) is 0.647. The molecular weight excluding hydrogens is 476 g/mol. The summed E-state index contributed by atoms with van der Waals surface area (Å²) in [6, 6.07) is 12.9. The first-order valence-electron chi connectivity index (χ1n) is 11.0. The minimum atomic E-state index is -3.43. The number of thiazole rings is 1. The van der Waals surface area contributed by atoms with Crippen LogP contribution in [0.5, 0.6) is 0 Å². The molecular formula is C24H28N2O4S3. The first kappa shape index (κ1) is 24.2. The summed E-state index contributed by atoms with van der Waals surface area (Å²) in [6.45, 7) is 3.07. The van der Waals surface area contributed by atoms with Crippen molar-refractivity contribution in [3.05, 3.63) is 48.0 Å². The lowest BCUT2D eigenvalue weighted by Gasteiger charge is -2.23. The predicted molar refractivity (Wildman–Crippen MR) is 135 cm³/mol. The van der Waals surface area contributed by atoms with Crippen LogP contribution in [0.2, 0.25) is 0 Å². The second kappa shape index (κ2) is 10.5. The lowest BCUT2D eigenvalue weighted by Crippen LogP contribution is -2.37. The van der Waals surface area contributed by atoms with Gasteiger partial charge < -0.3 is 4.74 Å². The number of hydrogen-bond donors (Lipinski definition) is 0. The number of para-hydroxylation sites is 1. The molecule has 3 aromatic rings. The average Bonchev–Trinajstić information content (AvgIpc) is 3.47. The Kier molecular flexibility index (Phi) is 7.73. The number of thioether (sulfide) groups is 1. The minimum Gasteiger partial charge on any atom is -0.376 e. The number of benzene rings is 2. The molecule has 0 bridgehead atoms. The Morgan fingerprint density at radius 3 is 2.73 bits per heavy atom. The van der Waals surface area contributed by atoms with E-state index in [-0.39, 0.29) is 30.6 Å². The molecule has 1 aliphatic heterocycles. The second-order valence-electron chi connectivity index (χ2n) is 8.18. The van der Waals surface area contributed by atoms with Crippen LogP contribution in [0.3, 0.4) is 0 Å². The third kappa shape index (κ3) is 5.77. The highest BCUT2D eigenvalue weighted by molar-refractivity contribution is 7.98. The van der Waals surface area contributed by atoms with Crippen molar-refractivity contribution in [1.82, 2.24) is 4.98 Å². The number of sulfone groups is 1. The zero-order valence-electron chi connectivity index (χ0n) is 18.8. The van der Waals surface area contributed by atoms with Gasteiger partial charge in [0.15, 0.2) is 15.0 Å². The van der Waals surface area contributed by atoms with Gasteiger partial charge in [0.1, 0.15) is 0 Å². The molecule has 2 heterocycles. The molecule has 2 aromatic carbocycles. The van der Waals surface area contributed by atoms with E-state index in [0.29, 0.717) is 23.2 Å². The van der Waals surface area contributed by atoms with Gasteiger partial charge in [-0.3, -0.25) is 9.69 Å².